The first-order valence-electron chi connectivity index (χ1n) is 12.9. The summed E-state index contributed by atoms with van der Waals surface area (Å²) in [4.78, 5) is 19.6. The molecule has 1 aliphatic heterocycles. The van der Waals surface area contributed by atoms with Gasteiger partial charge in [-0.2, -0.15) is 0 Å². The Kier molecular flexibility index (Phi) is 8.54. The maximum Gasteiger partial charge on any atom is 0.289 e. The Balaban J connectivity index is 1.21. The van der Waals surface area contributed by atoms with Gasteiger partial charge in [-0.3, -0.25) is 14.6 Å². The van der Waals surface area contributed by atoms with Crippen LogP contribution in [0.5, 0.6) is 0 Å². The lowest BCUT2D eigenvalue weighted by molar-refractivity contribution is 0.0594. The number of carbonyl (C=O) groups is 1. The molecule has 5 nitrogen and oxygen atoms in total. The Morgan fingerprint density at radius 3 is 2.24 bits per heavy atom. The predicted molar refractivity (Wildman–Crippen MR) is 147 cm³/mol. The molecular formula is C31H31ClFN3O2. The molecule has 0 atom stereocenters. The zero-order chi connectivity index (χ0) is 26.3. The van der Waals surface area contributed by atoms with E-state index in [0.29, 0.717) is 49.3 Å². The molecule has 1 aliphatic rings. The molecule has 2 heterocycles. The van der Waals surface area contributed by atoms with E-state index in [9.17, 15) is 9.18 Å². The van der Waals surface area contributed by atoms with Gasteiger partial charge in [-0.05, 0) is 53.1 Å². The normalized spacial score (nSPS) is 14.2. The monoisotopic (exact) mass is 531 g/mol. The van der Waals surface area contributed by atoms with Gasteiger partial charge in [0.2, 0.25) is 0 Å². The van der Waals surface area contributed by atoms with E-state index >= 15 is 0 Å². The van der Waals surface area contributed by atoms with Gasteiger partial charge in [-0.15, -0.1) is 0 Å². The van der Waals surface area contributed by atoms with Crippen LogP contribution in [0.15, 0.2) is 95.4 Å². The standard InChI is InChI=1S/C31H31ClFN3O2/c32-27-11-9-25(10-12-27)21-35(22-26-7-4-8-28(33)19-26)23-29-13-14-30(38-29)31(37)36-17-15-34(16-18-36)20-24-5-2-1-3-6-24/h1-14,19H,15-18,20-23H2. The highest BCUT2D eigenvalue weighted by molar-refractivity contribution is 6.30. The number of nitrogens with zero attached hydrogens (tertiary/aromatic N) is 3. The molecular weight excluding hydrogens is 501 g/mol. The van der Waals surface area contributed by atoms with Crippen molar-refractivity contribution >= 4 is 17.5 Å². The number of hydrogen-bond acceptors (Lipinski definition) is 4. The molecule has 0 saturated carbocycles. The van der Waals surface area contributed by atoms with Crippen LogP contribution in [0, 0.1) is 5.82 Å². The number of rotatable bonds is 9. The smallest absolute Gasteiger partial charge is 0.289 e. The number of furan rings is 1. The molecule has 1 aromatic heterocycles. The quantitative estimate of drug-likeness (QED) is 0.256. The second kappa shape index (κ2) is 12.4. The maximum absolute atomic E-state index is 13.8. The fourth-order valence-corrected chi connectivity index (χ4v) is 4.94. The molecule has 1 amide bonds. The van der Waals surface area contributed by atoms with E-state index in [2.05, 4.69) is 34.1 Å². The van der Waals surface area contributed by atoms with E-state index in [4.69, 9.17) is 16.0 Å². The highest BCUT2D eigenvalue weighted by Gasteiger charge is 2.24. The fraction of sp³-hybridized carbons (Fsp3) is 0.258. The number of amides is 1. The molecule has 1 saturated heterocycles. The first-order chi connectivity index (χ1) is 18.5. The summed E-state index contributed by atoms with van der Waals surface area (Å²) in [5, 5.41) is 0.681. The molecule has 38 heavy (non-hydrogen) atoms. The topological polar surface area (TPSA) is 39.9 Å². The first-order valence-corrected chi connectivity index (χ1v) is 13.3. The molecule has 0 N–H and O–H groups in total. The summed E-state index contributed by atoms with van der Waals surface area (Å²) in [7, 11) is 0. The van der Waals surface area contributed by atoms with Crippen LogP contribution in [0.1, 0.15) is 33.0 Å². The number of benzene rings is 3. The van der Waals surface area contributed by atoms with E-state index < -0.39 is 0 Å². The van der Waals surface area contributed by atoms with Gasteiger partial charge in [-0.1, -0.05) is 66.2 Å². The summed E-state index contributed by atoms with van der Waals surface area (Å²) in [6, 6.07) is 28.3. The molecule has 0 radical (unpaired) electrons. The molecule has 4 aromatic rings. The second-order valence-electron chi connectivity index (χ2n) is 9.72. The van der Waals surface area contributed by atoms with E-state index in [-0.39, 0.29) is 11.7 Å². The Morgan fingerprint density at radius 1 is 0.789 bits per heavy atom. The van der Waals surface area contributed by atoms with Gasteiger partial charge < -0.3 is 9.32 Å². The number of piperazine rings is 1. The van der Waals surface area contributed by atoms with E-state index in [1.165, 1.54) is 11.6 Å². The Morgan fingerprint density at radius 2 is 1.50 bits per heavy atom. The predicted octanol–water partition coefficient (Wildman–Crippen LogP) is 6.23. The van der Waals surface area contributed by atoms with Crippen molar-refractivity contribution in [3.8, 4) is 0 Å². The van der Waals surface area contributed by atoms with Crippen molar-refractivity contribution in [3.05, 3.63) is 130 Å². The van der Waals surface area contributed by atoms with Gasteiger partial charge in [0.25, 0.3) is 5.91 Å². The average Bonchev–Trinajstić information content (AvgIpc) is 3.39. The second-order valence-corrected chi connectivity index (χ2v) is 10.2. The summed E-state index contributed by atoms with van der Waals surface area (Å²) in [6.07, 6.45) is 0. The third-order valence-electron chi connectivity index (χ3n) is 6.78. The lowest BCUT2D eigenvalue weighted by Crippen LogP contribution is -2.48. The highest BCUT2D eigenvalue weighted by atomic mass is 35.5. The lowest BCUT2D eigenvalue weighted by Gasteiger charge is -2.34. The Hall–Kier alpha value is -3.45. The van der Waals surface area contributed by atoms with Gasteiger partial charge in [0.15, 0.2) is 5.76 Å². The van der Waals surface area contributed by atoms with E-state index in [1.807, 2.05) is 47.4 Å². The fourth-order valence-electron chi connectivity index (χ4n) is 4.81. The highest BCUT2D eigenvalue weighted by Crippen LogP contribution is 2.20. The largest absolute Gasteiger partial charge is 0.455 e. The molecule has 0 unspecified atom stereocenters. The third-order valence-corrected chi connectivity index (χ3v) is 7.03. The van der Waals surface area contributed by atoms with Gasteiger partial charge in [0, 0.05) is 50.8 Å². The summed E-state index contributed by atoms with van der Waals surface area (Å²) >= 11 is 6.06. The average molecular weight is 532 g/mol. The lowest BCUT2D eigenvalue weighted by atomic mass is 10.1. The number of halogens is 2. The Labute approximate surface area is 228 Å². The molecule has 5 rings (SSSR count). The van der Waals surface area contributed by atoms with Crippen molar-refractivity contribution in [1.29, 1.82) is 0 Å². The minimum Gasteiger partial charge on any atom is -0.455 e. The minimum atomic E-state index is -0.260. The van der Waals surface area contributed by atoms with Gasteiger partial charge in [-0.25, -0.2) is 4.39 Å². The summed E-state index contributed by atoms with van der Waals surface area (Å²) in [5.41, 5.74) is 3.24. The first kappa shape index (κ1) is 26.2. The van der Waals surface area contributed by atoms with Crippen molar-refractivity contribution < 1.29 is 13.6 Å². The summed E-state index contributed by atoms with van der Waals surface area (Å²) in [5.74, 6) is 0.712. The molecule has 3 aromatic carbocycles. The van der Waals surface area contributed by atoms with Crippen molar-refractivity contribution in [2.45, 2.75) is 26.2 Å². The van der Waals surface area contributed by atoms with Crippen LogP contribution < -0.4 is 0 Å². The third kappa shape index (κ3) is 7.10. The van der Waals surface area contributed by atoms with Crippen LogP contribution in [-0.4, -0.2) is 46.8 Å². The summed E-state index contributed by atoms with van der Waals surface area (Å²) in [6.45, 7) is 5.54. The molecule has 0 spiro atoms. The molecule has 0 aliphatic carbocycles. The molecule has 0 bridgehead atoms. The van der Waals surface area contributed by atoms with Gasteiger partial charge in [0.05, 0.1) is 6.54 Å². The Bertz CT molecular complexity index is 1330. The SMILES string of the molecule is O=C(c1ccc(CN(Cc2ccc(Cl)cc2)Cc2cccc(F)c2)o1)N1CCN(Cc2ccccc2)CC1. The van der Waals surface area contributed by atoms with Crippen molar-refractivity contribution in [3.63, 3.8) is 0 Å². The van der Waals surface area contributed by atoms with E-state index in [0.717, 1.165) is 30.8 Å². The zero-order valence-corrected chi connectivity index (χ0v) is 22.0. The van der Waals surface area contributed by atoms with Crippen LogP contribution in [0.4, 0.5) is 4.39 Å². The van der Waals surface area contributed by atoms with Crippen molar-refractivity contribution in [1.82, 2.24) is 14.7 Å². The number of carbonyl (C=O) groups excluding carboxylic acids is 1. The van der Waals surface area contributed by atoms with Crippen molar-refractivity contribution in [2.24, 2.45) is 0 Å². The van der Waals surface area contributed by atoms with Crippen molar-refractivity contribution in [2.75, 3.05) is 26.2 Å². The zero-order valence-electron chi connectivity index (χ0n) is 21.2. The summed E-state index contributed by atoms with van der Waals surface area (Å²) < 4.78 is 19.8. The van der Waals surface area contributed by atoms with Gasteiger partial charge >= 0.3 is 0 Å². The molecule has 196 valence electrons. The molecule has 7 heteroatoms. The van der Waals surface area contributed by atoms with Crippen LogP contribution in [0.3, 0.4) is 0 Å². The van der Waals surface area contributed by atoms with Crippen LogP contribution in [0.25, 0.3) is 0 Å². The van der Waals surface area contributed by atoms with Crippen LogP contribution in [-0.2, 0) is 26.2 Å². The minimum absolute atomic E-state index is 0.0787. The van der Waals surface area contributed by atoms with Gasteiger partial charge in [0.1, 0.15) is 11.6 Å². The van der Waals surface area contributed by atoms with Crippen LogP contribution >= 0.6 is 11.6 Å². The molecule has 1 fully saturated rings. The maximum atomic E-state index is 13.8. The van der Waals surface area contributed by atoms with E-state index in [1.54, 1.807) is 18.2 Å². The van der Waals surface area contributed by atoms with Crippen LogP contribution in [0.2, 0.25) is 5.02 Å². The number of hydrogen-bond donors (Lipinski definition) is 0.